The molecule has 0 atom stereocenters. The van der Waals surface area contributed by atoms with E-state index >= 15 is 0 Å². The van der Waals surface area contributed by atoms with Gasteiger partial charge in [-0.25, -0.2) is 9.98 Å². The fourth-order valence-corrected chi connectivity index (χ4v) is 4.99. The smallest absolute Gasteiger partial charge is 0.262 e. The van der Waals surface area contributed by atoms with E-state index in [0.717, 1.165) is 22.6 Å². The van der Waals surface area contributed by atoms with Crippen molar-refractivity contribution in [3.05, 3.63) is 93.8 Å². The normalized spacial score (nSPS) is 11.5. The van der Waals surface area contributed by atoms with Gasteiger partial charge in [0.25, 0.3) is 5.91 Å². The van der Waals surface area contributed by atoms with Crippen molar-refractivity contribution in [2.75, 3.05) is 19.5 Å². The molecular formula is C29H24ClN3O4S. The molecule has 0 saturated heterocycles. The lowest BCUT2D eigenvalue weighted by molar-refractivity contribution is 0.102. The van der Waals surface area contributed by atoms with Gasteiger partial charge in [-0.05, 0) is 55.0 Å². The zero-order valence-corrected chi connectivity index (χ0v) is 22.5. The molecule has 1 N–H and O–H groups in total. The average Bonchev–Trinajstić information content (AvgIpc) is 3.35. The van der Waals surface area contributed by atoms with Gasteiger partial charge >= 0.3 is 0 Å². The number of halogens is 1. The van der Waals surface area contributed by atoms with Gasteiger partial charge in [-0.2, -0.15) is 0 Å². The van der Waals surface area contributed by atoms with E-state index < -0.39 is 0 Å². The van der Waals surface area contributed by atoms with Crippen LogP contribution in [0.5, 0.6) is 11.5 Å². The summed E-state index contributed by atoms with van der Waals surface area (Å²) in [5, 5.41) is 4.79. The van der Waals surface area contributed by atoms with Gasteiger partial charge < -0.3 is 13.9 Å². The zero-order chi connectivity index (χ0) is 26.6. The third kappa shape index (κ3) is 5.27. The second kappa shape index (κ2) is 11.1. The third-order valence-corrected chi connectivity index (χ3v) is 7.23. The fraction of sp³-hybridized carbons (Fsp3) is 0.138. The molecule has 5 rings (SSSR count). The highest BCUT2D eigenvalue weighted by Crippen LogP contribution is 2.33. The Labute approximate surface area is 228 Å². The summed E-state index contributed by atoms with van der Waals surface area (Å²) < 4.78 is 16.9. The summed E-state index contributed by atoms with van der Waals surface area (Å²) in [5.74, 6) is 0.858. The first kappa shape index (κ1) is 25.5. The molecule has 192 valence electrons. The monoisotopic (exact) mass is 545 g/mol. The Hall–Kier alpha value is -4.14. The van der Waals surface area contributed by atoms with E-state index in [2.05, 4.69) is 17.2 Å². The number of rotatable bonds is 7. The number of fused-ring (bicyclic) bond motifs is 1. The quantitative estimate of drug-likeness (QED) is 0.232. The Bertz CT molecular complexity index is 1680. The highest BCUT2D eigenvalue weighted by atomic mass is 35.5. The standard InChI is InChI=1S/C29H24ClN3O4S/c1-4-24-25(17-8-10-19(30)11-9-17)32-29(38-24)33-27(34)22-16-18-6-5-7-23(36-3)26(18)37-28(22)31-20-12-14-21(35-2)15-13-20/h5-16H,4H2,1-3H3,(H,32,33,34). The van der Waals surface area contributed by atoms with Crippen LogP contribution in [0.2, 0.25) is 5.02 Å². The molecule has 2 aromatic heterocycles. The van der Waals surface area contributed by atoms with E-state index in [1.165, 1.54) is 11.3 Å². The van der Waals surface area contributed by atoms with Crippen LogP contribution in [0.3, 0.4) is 0 Å². The number of hydrogen-bond acceptors (Lipinski definition) is 7. The predicted molar refractivity (Wildman–Crippen MR) is 151 cm³/mol. The number of carbonyl (C=O) groups is 1. The number of thiazole rings is 1. The lowest BCUT2D eigenvalue weighted by Gasteiger charge is -2.08. The topological polar surface area (TPSA) is 86.0 Å². The molecule has 0 fully saturated rings. The van der Waals surface area contributed by atoms with Crippen LogP contribution < -0.4 is 20.3 Å². The number of aromatic nitrogens is 1. The fourth-order valence-electron chi connectivity index (χ4n) is 3.95. The molecule has 1 amide bonds. The summed E-state index contributed by atoms with van der Waals surface area (Å²) in [7, 11) is 3.16. The number of ether oxygens (including phenoxy) is 2. The lowest BCUT2D eigenvalue weighted by Crippen LogP contribution is -2.21. The van der Waals surface area contributed by atoms with Gasteiger partial charge in [-0.15, -0.1) is 11.3 Å². The second-order valence-corrected chi connectivity index (χ2v) is 9.78. The molecule has 0 aliphatic carbocycles. The number of anilines is 1. The van der Waals surface area contributed by atoms with E-state index in [1.54, 1.807) is 50.6 Å². The average molecular weight is 546 g/mol. The maximum Gasteiger partial charge on any atom is 0.262 e. The number of benzene rings is 3. The molecule has 2 heterocycles. The summed E-state index contributed by atoms with van der Waals surface area (Å²) in [5.41, 5.74) is 3.26. The number of para-hydroxylation sites is 1. The van der Waals surface area contributed by atoms with Crippen molar-refractivity contribution in [2.45, 2.75) is 13.3 Å². The zero-order valence-electron chi connectivity index (χ0n) is 20.9. The van der Waals surface area contributed by atoms with Crippen molar-refractivity contribution in [1.29, 1.82) is 0 Å². The van der Waals surface area contributed by atoms with Gasteiger partial charge in [0.2, 0.25) is 5.55 Å². The molecule has 0 spiro atoms. The first-order valence-electron chi connectivity index (χ1n) is 11.9. The Morgan fingerprint density at radius 1 is 1.05 bits per heavy atom. The maximum atomic E-state index is 13.6. The van der Waals surface area contributed by atoms with Crippen LogP contribution in [-0.4, -0.2) is 25.1 Å². The van der Waals surface area contributed by atoms with Crippen molar-refractivity contribution in [3.8, 4) is 22.8 Å². The molecule has 0 saturated carbocycles. The number of amides is 1. The third-order valence-electron chi connectivity index (χ3n) is 5.86. The van der Waals surface area contributed by atoms with E-state index in [1.807, 2.05) is 36.4 Å². The number of hydrogen-bond donors (Lipinski definition) is 1. The van der Waals surface area contributed by atoms with E-state index in [-0.39, 0.29) is 17.0 Å². The van der Waals surface area contributed by atoms with Gasteiger partial charge in [-0.1, -0.05) is 42.8 Å². The number of aryl methyl sites for hydroxylation is 1. The van der Waals surface area contributed by atoms with Crippen LogP contribution in [0.4, 0.5) is 10.8 Å². The molecule has 0 unspecified atom stereocenters. The van der Waals surface area contributed by atoms with Crippen molar-refractivity contribution in [2.24, 2.45) is 4.99 Å². The minimum absolute atomic E-state index is 0.148. The summed E-state index contributed by atoms with van der Waals surface area (Å²) in [6.07, 6.45) is 0.772. The highest BCUT2D eigenvalue weighted by Gasteiger charge is 2.18. The summed E-state index contributed by atoms with van der Waals surface area (Å²) in [6.45, 7) is 2.06. The first-order valence-corrected chi connectivity index (χ1v) is 13.0. The van der Waals surface area contributed by atoms with E-state index in [0.29, 0.717) is 38.3 Å². The molecule has 0 aliphatic rings. The maximum absolute atomic E-state index is 13.6. The number of methoxy groups -OCH3 is 2. The van der Waals surface area contributed by atoms with Gasteiger partial charge in [0, 0.05) is 20.8 Å². The van der Waals surface area contributed by atoms with Gasteiger partial charge in [0.15, 0.2) is 16.5 Å². The minimum Gasteiger partial charge on any atom is -0.497 e. The predicted octanol–water partition coefficient (Wildman–Crippen LogP) is 7.27. The molecule has 5 aromatic rings. The van der Waals surface area contributed by atoms with Crippen molar-refractivity contribution in [3.63, 3.8) is 0 Å². The molecular weight excluding hydrogens is 522 g/mol. The van der Waals surface area contributed by atoms with Crippen LogP contribution in [0.15, 0.2) is 82.2 Å². The SMILES string of the molecule is CCc1sc(NC(=O)c2cc3cccc(OC)c3oc2=Nc2ccc(OC)cc2)nc1-c1ccc(Cl)cc1. The molecule has 0 radical (unpaired) electrons. The number of nitrogens with one attached hydrogen (secondary N) is 1. The molecule has 3 aromatic carbocycles. The minimum atomic E-state index is -0.384. The largest absolute Gasteiger partial charge is 0.497 e. The van der Waals surface area contributed by atoms with E-state index in [9.17, 15) is 4.79 Å². The highest BCUT2D eigenvalue weighted by molar-refractivity contribution is 7.16. The van der Waals surface area contributed by atoms with E-state index in [4.69, 9.17) is 30.5 Å². The Morgan fingerprint density at radius 2 is 1.82 bits per heavy atom. The van der Waals surface area contributed by atoms with Gasteiger partial charge in [-0.3, -0.25) is 10.1 Å². The molecule has 0 aliphatic heterocycles. The van der Waals surface area contributed by atoms with Gasteiger partial charge in [0.05, 0.1) is 25.6 Å². The first-order chi connectivity index (χ1) is 18.5. The van der Waals surface area contributed by atoms with Crippen LogP contribution in [0.1, 0.15) is 22.2 Å². The molecule has 38 heavy (non-hydrogen) atoms. The molecule has 9 heteroatoms. The summed E-state index contributed by atoms with van der Waals surface area (Å²) in [6, 6.07) is 21.9. The summed E-state index contributed by atoms with van der Waals surface area (Å²) >= 11 is 7.49. The van der Waals surface area contributed by atoms with Crippen molar-refractivity contribution >= 4 is 50.6 Å². The summed E-state index contributed by atoms with van der Waals surface area (Å²) in [4.78, 5) is 24.0. The lowest BCUT2D eigenvalue weighted by atomic mass is 10.1. The number of carbonyl (C=O) groups excluding carboxylic acids is 1. The van der Waals surface area contributed by atoms with Crippen LogP contribution in [0.25, 0.3) is 22.2 Å². The van der Waals surface area contributed by atoms with Crippen LogP contribution >= 0.6 is 22.9 Å². The molecule has 0 bridgehead atoms. The van der Waals surface area contributed by atoms with Crippen molar-refractivity contribution in [1.82, 2.24) is 4.98 Å². The van der Waals surface area contributed by atoms with Crippen LogP contribution in [-0.2, 0) is 6.42 Å². The Kier molecular flexibility index (Phi) is 7.44. The Balaban J connectivity index is 1.57. The second-order valence-electron chi connectivity index (χ2n) is 8.26. The van der Waals surface area contributed by atoms with Gasteiger partial charge in [0.1, 0.15) is 11.3 Å². The Morgan fingerprint density at radius 3 is 2.50 bits per heavy atom. The molecule has 7 nitrogen and oxygen atoms in total. The van der Waals surface area contributed by atoms with Crippen molar-refractivity contribution < 1.29 is 18.7 Å². The van der Waals surface area contributed by atoms with Crippen LogP contribution in [0, 0.1) is 0 Å². The number of nitrogens with zero attached hydrogens (tertiary/aromatic N) is 2.